The topological polar surface area (TPSA) is 29.5 Å². The second-order valence-corrected chi connectivity index (χ2v) is 7.15. The second-order valence-electron chi connectivity index (χ2n) is 7.15. The summed E-state index contributed by atoms with van der Waals surface area (Å²) >= 11 is 0. The Morgan fingerprint density at radius 1 is 1.29 bits per heavy atom. The molecule has 1 aromatic carbocycles. The first kappa shape index (κ1) is 16.4. The lowest BCUT2D eigenvalue weighted by molar-refractivity contribution is 0.0231. The van der Waals surface area contributed by atoms with Crippen molar-refractivity contribution in [3.8, 4) is 5.75 Å². The van der Waals surface area contributed by atoms with E-state index in [0.717, 1.165) is 48.8 Å². The summed E-state index contributed by atoms with van der Waals surface area (Å²) < 4.78 is 5.47. The van der Waals surface area contributed by atoms with Gasteiger partial charge in [0.05, 0.1) is 12.7 Å². The molecule has 0 saturated heterocycles. The Morgan fingerprint density at radius 3 is 2.71 bits per heavy atom. The van der Waals surface area contributed by atoms with E-state index in [9.17, 15) is 5.11 Å². The minimum Gasteiger partial charge on any atom is -0.496 e. The SMILES string of the molecule is COc1ccc(C)cc1CC1(O)CCCC(C(C)C)CC1. The lowest BCUT2D eigenvalue weighted by Gasteiger charge is -2.28. The van der Waals surface area contributed by atoms with E-state index in [2.05, 4.69) is 32.9 Å². The van der Waals surface area contributed by atoms with Crippen LogP contribution in [0.4, 0.5) is 0 Å². The maximum atomic E-state index is 11.1. The van der Waals surface area contributed by atoms with Gasteiger partial charge in [0.2, 0.25) is 0 Å². The summed E-state index contributed by atoms with van der Waals surface area (Å²) in [5.41, 5.74) is 1.80. The van der Waals surface area contributed by atoms with Crippen molar-refractivity contribution in [3.05, 3.63) is 29.3 Å². The van der Waals surface area contributed by atoms with E-state index in [4.69, 9.17) is 4.74 Å². The molecule has 0 aliphatic heterocycles. The lowest BCUT2D eigenvalue weighted by atomic mass is 9.85. The van der Waals surface area contributed by atoms with E-state index in [1.807, 2.05) is 6.07 Å². The average Bonchev–Trinajstić information content (AvgIpc) is 2.61. The molecule has 0 spiro atoms. The number of rotatable bonds is 4. The first-order chi connectivity index (χ1) is 9.93. The highest BCUT2D eigenvalue weighted by molar-refractivity contribution is 5.37. The predicted octanol–water partition coefficient (Wildman–Crippen LogP) is 4.51. The molecule has 1 saturated carbocycles. The normalized spacial score (nSPS) is 26.7. The molecule has 1 N–H and O–H groups in total. The molecule has 118 valence electrons. The number of methoxy groups -OCH3 is 1. The van der Waals surface area contributed by atoms with Crippen LogP contribution in [0.5, 0.6) is 5.75 Å². The van der Waals surface area contributed by atoms with Gasteiger partial charge in [-0.2, -0.15) is 0 Å². The van der Waals surface area contributed by atoms with Crippen LogP contribution in [0.1, 0.15) is 57.1 Å². The predicted molar refractivity (Wildman–Crippen MR) is 87.8 cm³/mol. The Hall–Kier alpha value is -1.02. The van der Waals surface area contributed by atoms with Crippen molar-refractivity contribution < 1.29 is 9.84 Å². The summed E-state index contributed by atoms with van der Waals surface area (Å²) in [5.74, 6) is 2.39. The summed E-state index contributed by atoms with van der Waals surface area (Å²) in [6, 6.07) is 6.23. The van der Waals surface area contributed by atoms with Gasteiger partial charge in [-0.15, -0.1) is 0 Å². The van der Waals surface area contributed by atoms with Crippen LogP contribution in [0, 0.1) is 18.8 Å². The Balaban J connectivity index is 2.12. The first-order valence-electron chi connectivity index (χ1n) is 8.29. The lowest BCUT2D eigenvalue weighted by Crippen LogP contribution is -2.31. The summed E-state index contributed by atoms with van der Waals surface area (Å²) in [6.45, 7) is 6.70. The highest BCUT2D eigenvalue weighted by atomic mass is 16.5. The number of aryl methyl sites for hydroxylation is 1. The van der Waals surface area contributed by atoms with Crippen LogP contribution in [0.3, 0.4) is 0 Å². The molecule has 2 heteroatoms. The number of aliphatic hydroxyl groups is 1. The summed E-state index contributed by atoms with van der Waals surface area (Å²) in [4.78, 5) is 0. The first-order valence-corrected chi connectivity index (χ1v) is 8.29. The van der Waals surface area contributed by atoms with Gasteiger partial charge in [-0.25, -0.2) is 0 Å². The third-order valence-corrected chi connectivity index (χ3v) is 5.10. The molecule has 2 atom stereocenters. The van der Waals surface area contributed by atoms with Crippen molar-refractivity contribution in [3.63, 3.8) is 0 Å². The molecule has 2 unspecified atom stereocenters. The van der Waals surface area contributed by atoms with E-state index in [1.54, 1.807) is 7.11 Å². The highest BCUT2D eigenvalue weighted by Crippen LogP contribution is 2.37. The van der Waals surface area contributed by atoms with E-state index >= 15 is 0 Å². The van der Waals surface area contributed by atoms with Gasteiger partial charge in [-0.05, 0) is 49.7 Å². The van der Waals surface area contributed by atoms with Crippen LogP contribution in [0.25, 0.3) is 0 Å². The molecule has 0 aromatic heterocycles. The van der Waals surface area contributed by atoms with Crippen LogP contribution >= 0.6 is 0 Å². The van der Waals surface area contributed by atoms with Crippen molar-refractivity contribution in [1.82, 2.24) is 0 Å². The van der Waals surface area contributed by atoms with Crippen LogP contribution < -0.4 is 4.74 Å². The molecule has 2 nitrogen and oxygen atoms in total. The fourth-order valence-electron chi connectivity index (χ4n) is 3.66. The van der Waals surface area contributed by atoms with Gasteiger partial charge < -0.3 is 9.84 Å². The fraction of sp³-hybridized carbons (Fsp3) is 0.684. The quantitative estimate of drug-likeness (QED) is 0.827. The average molecular weight is 290 g/mol. The van der Waals surface area contributed by atoms with Crippen molar-refractivity contribution in [2.75, 3.05) is 7.11 Å². The Kier molecular flexibility index (Phi) is 5.32. The molecular formula is C19H30O2. The maximum absolute atomic E-state index is 11.1. The van der Waals surface area contributed by atoms with Gasteiger partial charge in [0.1, 0.15) is 5.75 Å². The Bertz CT molecular complexity index is 467. The minimum absolute atomic E-state index is 0.565. The zero-order valence-electron chi connectivity index (χ0n) is 14.0. The smallest absolute Gasteiger partial charge is 0.122 e. The van der Waals surface area contributed by atoms with Gasteiger partial charge in [0.15, 0.2) is 0 Å². The third kappa shape index (κ3) is 4.23. The zero-order chi connectivity index (χ0) is 15.5. The number of hydrogen-bond donors (Lipinski definition) is 1. The number of hydrogen-bond acceptors (Lipinski definition) is 2. The van der Waals surface area contributed by atoms with Gasteiger partial charge in [0, 0.05) is 6.42 Å². The van der Waals surface area contributed by atoms with Crippen LogP contribution in [0.15, 0.2) is 18.2 Å². The molecule has 2 rings (SSSR count). The third-order valence-electron chi connectivity index (χ3n) is 5.10. The van der Waals surface area contributed by atoms with Gasteiger partial charge in [0.25, 0.3) is 0 Å². The highest BCUT2D eigenvalue weighted by Gasteiger charge is 2.32. The van der Waals surface area contributed by atoms with Gasteiger partial charge in [-0.1, -0.05) is 44.4 Å². The van der Waals surface area contributed by atoms with Crippen molar-refractivity contribution in [2.45, 2.75) is 64.9 Å². The largest absolute Gasteiger partial charge is 0.496 e. The summed E-state index contributed by atoms with van der Waals surface area (Å²) in [6.07, 6.45) is 6.06. The second kappa shape index (κ2) is 6.83. The van der Waals surface area contributed by atoms with E-state index < -0.39 is 5.60 Å². The van der Waals surface area contributed by atoms with Crippen LogP contribution in [0.2, 0.25) is 0 Å². The molecule has 1 aromatic rings. The Morgan fingerprint density at radius 2 is 2.05 bits per heavy atom. The van der Waals surface area contributed by atoms with E-state index in [0.29, 0.717) is 6.42 Å². The van der Waals surface area contributed by atoms with E-state index in [1.165, 1.54) is 12.0 Å². The minimum atomic E-state index is -0.565. The molecule has 1 aliphatic carbocycles. The number of ether oxygens (including phenoxy) is 1. The zero-order valence-corrected chi connectivity index (χ0v) is 14.0. The molecule has 1 fully saturated rings. The fourth-order valence-corrected chi connectivity index (χ4v) is 3.66. The van der Waals surface area contributed by atoms with Crippen molar-refractivity contribution >= 4 is 0 Å². The maximum Gasteiger partial charge on any atom is 0.122 e. The summed E-state index contributed by atoms with van der Waals surface area (Å²) in [7, 11) is 1.71. The molecule has 0 radical (unpaired) electrons. The van der Waals surface area contributed by atoms with E-state index in [-0.39, 0.29) is 0 Å². The van der Waals surface area contributed by atoms with Crippen molar-refractivity contribution in [2.24, 2.45) is 11.8 Å². The molecule has 0 amide bonds. The molecule has 1 aliphatic rings. The molecule has 0 heterocycles. The van der Waals surface area contributed by atoms with Crippen molar-refractivity contribution in [1.29, 1.82) is 0 Å². The molecular weight excluding hydrogens is 260 g/mol. The summed E-state index contributed by atoms with van der Waals surface area (Å²) in [5, 5.41) is 11.1. The monoisotopic (exact) mass is 290 g/mol. The standard InChI is InChI=1S/C19H30O2/c1-14(2)16-6-5-10-19(20,11-9-16)13-17-12-15(3)7-8-18(17)21-4/h7-8,12,14,16,20H,5-6,9-11,13H2,1-4H3. The molecule has 0 bridgehead atoms. The van der Waals surface area contributed by atoms with Gasteiger partial charge >= 0.3 is 0 Å². The van der Waals surface area contributed by atoms with Crippen LogP contribution in [-0.2, 0) is 6.42 Å². The number of benzene rings is 1. The molecule has 21 heavy (non-hydrogen) atoms. The Labute approximate surface area is 129 Å². The van der Waals surface area contributed by atoms with Gasteiger partial charge in [-0.3, -0.25) is 0 Å². The van der Waals surface area contributed by atoms with Crippen LogP contribution in [-0.4, -0.2) is 17.8 Å².